The molecule has 28 heavy (non-hydrogen) atoms. The third kappa shape index (κ3) is 3.59. The maximum absolute atomic E-state index is 12.7. The molecular weight excluding hydrogens is 374 g/mol. The lowest BCUT2D eigenvalue weighted by atomic mass is 10.1. The van der Waals surface area contributed by atoms with Crippen molar-refractivity contribution in [1.82, 2.24) is 24.9 Å². The van der Waals surface area contributed by atoms with Crippen LogP contribution >= 0.6 is 11.6 Å². The molecule has 0 atom stereocenters. The third-order valence-electron chi connectivity index (χ3n) is 4.46. The second-order valence-corrected chi connectivity index (χ2v) is 6.72. The van der Waals surface area contributed by atoms with Crippen LogP contribution in [0.4, 0.5) is 0 Å². The van der Waals surface area contributed by atoms with Gasteiger partial charge in [-0.25, -0.2) is 9.50 Å². The van der Waals surface area contributed by atoms with Gasteiger partial charge in [0.05, 0.1) is 29.2 Å². The summed E-state index contributed by atoms with van der Waals surface area (Å²) in [4.78, 5) is 21.4. The molecule has 0 aliphatic heterocycles. The summed E-state index contributed by atoms with van der Waals surface area (Å²) < 4.78 is 1.74. The first-order valence-electron chi connectivity index (χ1n) is 8.97. The molecule has 4 rings (SSSR count). The highest BCUT2D eigenvalue weighted by atomic mass is 35.5. The number of pyridine rings is 1. The fraction of sp³-hybridized carbons (Fsp3) is 0.143. The molecule has 1 amide bonds. The van der Waals surface area contributed by atoms with Crippen LogP contribution < -0.4 is 5.32 Å². The van der Waals surface area contributed by atoms with Crippen molar-refractivity contribution < 1.29 is 4.79 Å². The second-order valence-electron chi connectivity index (χ2n) is 6.28. The first kappa shape index (κ1) is 18.1. The molecule has 3 heterocycles. The standard InChI is InChI=1S/C21H18ClN5O/c1-2-19-17(21(28)25-12-16-5-3-4-10-23-16)13-24-20-11-18(26-27(19)20)14-6-8-15(22)9-7-14/h3-11,13H,2,12H2,1H3,(H,25,28). The van der Waals surface area contributed by atoms with E-state index in [0.29, 0.717) is 29.2 Å². The van der Waals surface area contributed by atoms with Gasteiger partial charge in [0.15, 0.2) is 5.65 Å². The van der Waals surface area contributed by atoms with E-state index in [1.807, 2.05) is 55.5 Å². The molecule has 0 spiro atoms. The SMILES string of the molecule is CCc1c(C(=O)NCc2ccccn2)cnc2cc(-c3ccc(Cl)cc3)nn12. The maximum atomic E-state index is 12.7. The highest BCUT2D eigenvalue weighted by molar-refractivity contribution is 6.30. The Hall–Kier alpha value is -3.25. The lowest BCUT2D eigenvalue weighted by molar-refractivity contribution is 0.0948. The van der Waals surface area contributed by atoms with Crippen molar-refractivity contribution in [2.24, 2.45) is 0 Å². The minimum absolute atomic E-state index is 0.194. The Morgan fingerprint density at radius 3 is 2.68 bits per heavy atom. The number of carbonyl (C=O) groups excluding carboxylic acids is 1. The van der Waals surface area contributed by atoms with Gasteiger partial charge < -0.3 is 5.32 Å². The number of amides is 1. The van der Waals surface area contributed by atoms with Crippen LogP contribution in [-0.4, -0.2) is 25.5 Å². The van der Waals surface area contributed by atoms with E-state index in [1.54, 1.807) is 16.9 Å². The Bertz CT molecular complexity index is 1120. The van der Waals surface area contributed by atoms with E-state index >= 15 is 0 Å². The smallest absolute Gasteiger partial charge is 0.255 e. The molecule has 140 valence electrons. The van der Waals surface area contributed by atoms with Crippen molar-refractivity contribution in [2.45, 2.75) is 19.9 Å². The topological polar surface area (TPSA) is 72.2 Å². The summed E-state index contributed by atoms with van der Waals surface area (Å²) in [7, 11) is 0. The van der Waals surface area contributed by atoms with Crippen LogP contribution in [0.5, 0.6) is 0 Å². The lowest BCUT2D eigenvalue weighted by Gasteiger charge is -2.10. The van der Waals surface area contributed by atoms with Crippen molar-refractivity contribution in [1.29, 1.82) is 0 Å². The lowest BCUT2D eigenvalue weighted by Crippen LogP contribution is -2.25. The van der Waals surface area contributed by atoms with Crippen molar-refractivity contribution in [2.75, 3.05) is 0 Å². The monoisotopic (exact) mass is 391 g/mol. The van der Waals surface area contributed by atoms with Gasteiger partial charge in [0.1, 0.15) is 0 Å². The van der Waals surface area contributed by atoms with Crippen LogP contribution in [0.25, 0.3) is 16.9 Å². The minimum Gasteiger partial charge on any atom is -0.346 e. The second kappa shape index (κ2) is 7.78. The van der Waals surface area contributed by atoms with E-state index in [-0.39, 0.29) is 5.91 Å². The number of hydrogen-bond donors (Lipinski definition) is 1. The number of rotatable bonds is 5. The summed E-state index contributed by atoms with van der Waals surface area (Å²) in [6, 6.07) is 15.0. The molecule has 7 heteroatoms. The van der Waals surface area contributed by atoms with Crippen LogP contribution in [0.15, 0.2) is 60.9 Å². The van der Waals surface area contributed by atoms with Crippen molar-refractivity contribution >= 4 is 23.2 Å². The summed E-state index contributed by atoms with van der Waals surface area (Å²) in [5.74, 6) is -0.194. The van der Waals surface area contributed by atoms with Crippen LogP contribution in [0, 0.1) is 0 Å². The molecule has 0 saturated heterocycles. The fourth-order valence-corrected chi connectivity index (χ4v) is 3.17. The van der Waals surface area contributed by atoms with Crippen molar-refractivity contribution in [3.63, 3.8) is 0 Å². The largest absolute Gasteiger partial charge is 0.346 e. The van der Waals surface area contributed by atoms with Gasteiger partial charge in [0, 0.05) is 29.0 Å². The number of nitrogens with one attached hydrogen (secondary N) is 1. The van der Waals surface area contributed by atoms with Crippen molar-refractivity contribution in [3.8, 4) is 11.3 Å². The Morgan fingerprint density at radius 1 is 1.14 bits per heavy atom. The molecule has 0 aliphatic carbocycles. The number of hydrogen-bond acceptors (Lipinski definition) is 4. The molecule has 0 fully saturated rings. The van der Waals surface area contributed by atoms with Gasteiger partial charge >= 0.3 is 0 Å². The summed E-state index contributed by atoms with van der Waals surface area (Å²) in [6.07, 6.45) is 3.96. The molecule has 0 radical (unpaired) electrons. The Balaban J connectivity index is 1.65. The Kier molecular flexibility index (Phi) is 5.04. The zero-order valence-electron chi connectivity index (χ0n) is 15.3. The van der Waals surface area contributed by atoms with E-state index in [0.717, 1.165) is 22.6 Å². The van der Waals surface area contributed by atoms with E-state index in [2.05, 4.69) is 20.4 Å². The van der Waals surface area contributed by atoms with Gasteiger partial charge in [-0.1, -0.05) is 36.7 Å². The van der Waals surface area contributed by atoms with Crippen LogP contribution in [0.1, 0.15) is 28.7 Å². The summed E-state index contributed by atoms with van der Waals surface area (Å²) >= 11 is 5.97. The summed E-state index contributed by atoms with van der Waals surface area (Å²) in [5.41, 5.74) is 4.54. The quantitative estimate of drug-likeness (QED) is 0.559. The number of aryl methyl sites for hydroxylation is 1. The minimum atomic E-state index is -0.194. The highest BCUT2D eigenvalue weighted by Gasteiger charge is 2.17. The molecule has 6 nitrogen and oxygen atoms in total. The molecular formula is C21H18ClN5O. The van der Waals surface area contributed by atoms with Crippen LogP contribution in [0.3, 0.4) is 0 Å². The molecule has 3 aromatic heterocycles. The Labute approximate surface area is 167 Å². The number of halogens is 1. The Morgan fingerprint density at radius 2 is 1.96 bits per heavy atom. The predicted molar refractivity (Wildman–Crippen MR) is 108 cm³/mol. The number of benzene rings is 1. The van der Waals surface area contributed by atoms with Crippen LogP contribution in [0.2, 0.25) is 5.02 Å². The van der Waals surface area contributed by atoms with Crippen molar-refractivity contribution in [3.05, 3.63) is 82.9 Å². The van der Waals surface area contributed by atoms with Gasteiger partial charge in [0.2, 0.25) is 0 Å². The van der Waals surface area contributed by atoms with E-state index < -0.39 is 0 Å². The van der Waals surface area contributed by atoms with Gasteiger partial charge in [-0.2, -0.15) is 5.10 Å². The molecule has 1 N–H and O–H groups in total. The van der Waals surface area contributed by atoms with Crippen LogP contribution in [-0.2, 0) is 13.0 Å². The zero-order valence-corrected chi connectivity index (χ0v) is 16.0. The average molecular weight is 392 g/mol. The predicted octanol–water partition coefficient (Wildman–Crippen LogP) is 3.94. The molecule has 0 saturated carbocycles. The summed E-state index contributed by atoms with van der Waals surface area (Å²) in [5, 5.41) is 8.24. The molecule has 0 aliphatic rings. The summed E-state index contributed by atoms with van der Waals surface area (Å²) in [6.45, 7) is 2.35. The van der Waals surface area contributed by atoms with Gasteiger partial charge in [-0.15, -0.1) is 0 Å². The fourth-order valence-electron chi connectivity index (χ4n) is 3.04. The molecule has 4 aromatic rings. The van der Waals surface area contributed by atoms with E-state index in [1.165, 1.54) is 0 Å². The number of fused-ring (bicyclic) bond motifs is 1. The maximum Gasteiger partial charge on any atom is 0.255 e. The van der Waals surface area contributed by atoms with E-state index in [4.69, 9.17) is 11.6 Å². The van der Waals surface area contributed by atoms with E-state index in [9.17, 15) is 4.79 Å². The normalized spacial score (nSPS) is 10.9. The molecule has 0 unspecified atom stereocenters. The first-order valence-corrected chi connectivity index (χ1v) is 9.35. The molecule has 0 bridgehead atoms. The third-order valence-corrected chi connectivity index (χ3v) is 4.71. The van der Waals surface area contributed by atoms with Gasteiger partial charge in [0.25, 0.3) is 5.91 Å². The highest BCUT2D eigenvalue weighted by Crippen LogP contribution is 2.22. The van der Waals surface area contributed by atoms with Gasteiger partial charge in [-0.05, 0) is 30.7 Å². The average Bonchev–Trinajstić information content (AvgIpc) is 3.17. The zero-order chi connectivity index (χ0) is 19.5. The molecule has 1 aromatic carbocycles. The first-order chi connectivity index (χ1) is 13.7. The van der Waals surface area contributed by atoms with Gasteiger partial charge in [-0.3, -0.25) is 9.78 Å². The number of nitrogens with zero attached hydrogens (tertiary/aromatic N) is 4. The number of aromatic nitrogens is 4. The number of carbonyl (C=O) groups is 1.